The molecular formula is C26H38N4O3. The highest BCUT2D eigenvalue weighted by Gasteiger charge is 2.51. The van der Waals surface area contributed by atoms with Gasteiger partial charge in [0.05, 0.1) is 6.04 Å². The number of likely N-dealkylation sites (N-methyl/N-ethyl adjacent to an activating group) is 1. The summed E-state index contributed by atoms with van der Waals surface area (Å²) in [4.78, 5) is 43.5. The summed E-state index contributed by atoms with van der Waals surface area (Å²) in [6, 6.07) is 8.92. The molecule has 2 heterocycles. The Morgan fingerprint density at radius 3 is 2.52 bits per heavy atom. The Morgan fingerprint density at radius 2 is 1.82 bits per heavy atom. The molecule has 0 aromatic heterocycles. The van der Waals surface area contributed by atoms with Gasteiger partial charge in [0.25, 0.3) is 0 Å². The standard InChI is InChI=1S/C26H38N4O3/c1-18(27-2)24(31)28-22(20-11-7-4-8-12-20)25(32)30-16-14-21-17-29(26(33)23(21)30)15-13-19-9-5-3-6-10-19/h3,5-6,9-10,18,20-23,27H,4,7-8,11-17H2,1-2H3,(H,28,31)/t18-,21?,22-,23?/m0/s1. The molecule has 7 heteroatoms. The topological polar surface area (TPSA) is 81.8 Å². The molecule has 0 spiro atoms. The fraction of sp³-hybridized carbons (Fsp3) is 0.654. The van der Waals surface area contributed by atoms with Crippen LogP contribution in [0, 0.1) is 11.8 Å². The summed E-state index contributed by atoms with van der Waals surface area (Å²) < 4.78 is 0. The molecule has 33 heavy (non-hydrogen) atoms. The number of rotatable bonds is 8. The fourth-order valence-corrected chi connectivity index (χ4v) is 5.74. The van der Waals surface area contributed by atoms with Gasteiger partial charge in [-0.25, -0.2) is 0 Å². The van der Waals surface area contributed by atoms with Crippen LogP contribution >= 0.6 is 0 Å². The summed E-state index contributed by atoms with van der Waals surface area (Å²) in [6.45, 7) is 3.81. The lowest BCUT2D eigenvalue weighted by Crippen LogP contribution is -2.57. The van der Waals surface area contributed by atoms with Gasteiger partial charge in [0.15, 0.2) is 0 Å². The zero-order valence-electron chi connectivity index (χ0n) is 20.0. The molecule has 1 aromatic rings. The van der Waals surface area contributed by atoms with E-state index < -0.39 is 6.04 Å². The smallest absolute Gasteiger partial charge is 0.246 e. The molecule has 2 saturated heterocycles. The van der Waals surface area contributed by atoms with E-state index in [9.17, 15) is 14.4 Å². The highest BCUT2D eigenvalue weighted by molar-refractivity contribution is 5.94. The molecule has 2 unspecified atom stereocenters. The van der Waals surface area contributed by atoms with Crippen molar-refractivity contribution in [3.63, 3.8) is 0 Å². The zero-order valence-corrected chi connectivity index (χ0v) is 20.0. The van der Waals surface area contributed by atoms with Crippen LogP contribution in [0.4, 0.5) is 0 Å². The van der Waals surface area contributed by atoms with Gasteiger partial charge in [0, 0.05) is 25.6 Å². The van der Waals surface area contributed by atoms with Gasteiger partial charge in [-0.15, -0.1) is 0 Å². The number of carbonyl (C=O) groups is 3. The van der Waals surface area contributed by atoms with Crippen LogP contribution in [0.1, 0.15) is 51.0 Å². The Hall–Kier alpha value is -2.41. The minimum atomic E-state index is -0.543. The summed E-state index contributed by atoms with van der Waals surface area (Å²) in [5, 5.41) is 6.01. The number of carbonyl (C=O) groups excluding carboxylic acids is 3. The first-order valence-corrected chi connectivity index (χ1v) is 12.6. The molecule has 1 aromatic carbocycles. The maximum absolute atomic E-state index is 13.8. The zero-order chi connectivity index (χ0) is 23.4. The third kappa shape index (κ3) is 5.24. The first-order valence-electron chi connectivity index (χ1n) is 12.6. The van der Waals surface area contributed by atoms with Gasteiger partial charge in [0.2, 0.25) is 17.7 Å². The molecule has 3 amide bonds. The van der Waals surface area contributed by atoms with Crippen molar-refractivity contribution in [3.05, 3.63) is 35.9 Å². The van der Waals surface area contributed by atoms with Gasteiger partial charge >= 0.3 is 0 Å². The van der Waals surface area contributed by atoms with Gasteiger partial charge in [-0.3, -0.25) is 14.4 Å². The molecule has 3 fully saturated rings. The monoisotopic (exact) mass is 454 g/mol. The molecule has 0 radical (unpaired) electrons. The van der Waals surface area contributed by atoms with Crippen LogP contribution in [0.5, 0.6) is 0 Å². The predicted molar refractivity (Wildman–Crippen MR) is 127 cm³/mol. The van der Waals surface area contributed by atoms with Gasteiger partial charge in [-0.2, -0.15) is 0 Å². The van der Waals surface area contributed by atoms with Gasteiger partial charge in [-0.1, -0.05) is 49.6 Å². The summed E-state index contributed by atoms with van der Waals surface area (Å²) in [7, 11) is 1.74. The largest absolute Gasteiger partial charge is 0.343 e. The van der Waals surface area contributed by atoms with Crippen LogP contribution in [-0.4, -0.2) is 72.3 Å². The number of fused-ring (bicyclic) bond motifs is 1. The Balaban J connectivity index is 1.45. The van der Waals surface area contributed by atoms with Gasteiger partial charge in [-0.05, 0) is 51.1 Å². The van der Waals surface area contributed by atoms with Crippen molar-refractivity contribution in [1.82, 2.24) is 20.4 Å². The third-order valence-electron chi connectivity index (χ3n) is 7.85. The minimum Gasteiger partial charge on any atom is -0.343 e. The molecule has 1 saturated carbocycles. The second kappa shape index (κ2) is 10.7. The van der Waals surface area contributed by atoms with Gasteiger partial charge in [0.1, 0.15) is 12.1 Å². The Morgan fingerprint density at radius 1 is 1.09 bits per heavy atom. The Labute approximate surface area is 197 Å². The summed E-state index contributed by atoms with van der Waals surface area (Å²) in [5.74, 6) is 0.183. The van der Waals surface area contributed by atoms with Crippen LogP contribution < -0.4 is 10.6 Å². The van der Waals surface area contributed by atoms with Crippen molar-refractivity contribution in [2.45, 2.75) is 70.0 Å². The summed E-state index contributed by atoms with van der Waals surface area (Å²) in [5.41, 5.74) is 1.22. The van der Waals surface area contributed by atoms with Crippen LogP contribution in [-0.2, 0) is 20.8 Å². The van der Waals surface area contributed by atoms with Crippen molar-refractivity contribution in [2.24, 2.45) is 11.8 Å². The highest BCUT2D eigenvalue weighted by atomic mass is 16.2. The number of hydrogen-bond donors (Lipinski definition) is 2. The lowest BCUT2D eigenvalue weighted by atomic mass is 9.83. The molecule has 180 valence electrons. The highest BCUT2D eigenvalue weighted by Crippen LogP contribution is 2.35. The SMILES string of the molecule is CN[C@@H](C)C(=O)N[C@H](C(=O)N1CCC2CN(CCc3ccccc3)C(=O)C21)C1CCCCC1. The second-order valence-corrected chi connectivity index (χ2v) is 9.94. The van der Waals surface area contributed by atoms with E-state index in [4.69, 9.17) is 0 Å². The average Bonchev–Trinajstić information content (AvgIpc) is 3.41. The minimum absolute atomic E-state index is 0.0655. The van der Waals surface area contributed by atoms with E-state index in [0.717, 1.165) is 45.1 Å². The molecule has 4 atom stereocenters. The Kier molecular flexibility index (Phi) is 7.68. The number of amides is 3. The lowest BCUT2D eigenvalue weighted by molar-refractivity contribution is -0.144. The molecule has 2 N–H and O–H groups in total. The van der Waals surface area contributed by atoms with E-state index in [2.05, 4.69) is 22.8 Å². The second-order valence-electron chi connectivity index (χ2n) is 9.94. The molecule has 1 aliphatic carbocycles. The summed E-state index contributed by atoms with van der Waals surface area (Å²) >= 11 is 0. The number of benzene rings is 1. The summed E-state index contributed by atoms with van der Waals surface area (Å²) in [6.07, 6.45) is 6.92. The van der Waals surface area contributed by atoms with Crippen LogP contribution in [0.3, 0.4) is 0 Å². The first-order chi connectivity index (χ1) is 16.0. The lowest BCUT2D eigenvalue weighted by Gasteiger charge is -2.35. The molecule has 2 aliphatic heterocycles. The molecule has 4 rings (SSSR count). The van der Waals surface area contributed by atoms with Crippen molar-refractivity contribution < 1.29 is 14.4 Å². The molecule has 7 nitrogen and oxygen atoms in total. The van der Waals surface area contributed by atoms with Crippen LogP contribution in [0.15, 0.2) is 30.3 Å². The molecule has 3 aliphatic rings. The first kappa shape index (κ1) is 23.7. The quantitative estimate of drug-likeness (QED) is 0.629. The van der Waals surface area contributed by atoms with E-state index in [1.165, 1.54) is 12.0 Å². The van der Waals surface area contributed by atoms with E-state index in [1.54, 1.807) is 18.9 Å². The number of nitrogens with one attached hydrogen (secondary N) is 2. The van der Waals surface area contributed by atoms with Crippen molar-refractivity contribution in [2.75, 3.05) is 26.7 Å². The predicted octanol–water partition coefficient (Wildman–Crippen LogP) is 1.96. The number of likely N-dealkylation sites (tertiary alicyclic amines) is 2. The maximum atomic E-state index is 13.8. The third-order valence-corrected chi connectivity index (χ3v) is 7.85. The van der Waals surface area contributed by atoms with E-state index in [1.807, 2.05) is 23.1 Å². The van der Waals surface area contributed by atoms with Gasteiger partial charge < -0.3 is 20.4 Å². The van der Waals surface area contributed by atoms with Crippen LogP contribution in [0.2, 0.25) is 0 Å². The van der Waals surface area contributed by atoms with E-state index in [-0.39, 0.29) is 41.6 Å². The molecule has 0 bridgehead atoms. The number of nitrogens with zero attached hydrogens (tertiary/aromatic N) is 2. The molecular weight excluding hydrogens is 416 g/mol. The van der Waals surface area contributed by atoms with Crippen molar-refractivity contribution in [1.29, 1.82) is 0 Å². The van der Waals surface area contributed by atoms with E-state index >= 15 is 0 Å². The van der Waals surface area contributed by atoms with E-state index in [0.29, 0.717) is 13.1 Å². The maximum Gasteiger partial charge on any atom is 0.246 e. The Bertz CT molecular complexity index is 839. The van der Waals surface area contributed by atoms with Crippen molar-refractivity contribution >= 4 is 17.7 Å². The fourth-order valence-electron chi connectivity index (χ4n) is 5.74. The van der Waals surface area contributed by atoms with Crippen molar-refractivity contribution in [3.8, 4) is 0 Å². The average molecular weight is 455 g/mol. The van der Waals surface area contributed by atoms with Crippen LogP contribution in [0.25, 0.3) is 0 Å². The normalized spacial score (nSPS) is 25.1. The number of hydrogen-bond acceptors (Lipinski definition) is 4.